The van der Waals surface area contributed by atoms with E-state index in [2.05, 4.69) is 27.7 Å². The third-order valence-electron chi connectivity index (χ3n) is 3.47. The van der Waals surface area contributed by atoms with Crippen LogP contribution in [0.2, 0.25) is 0 Å². The van der Waals surface area contributed by atoms with Crippen molar-refractivity contribution in [2.24, 2.45) is 17.3 Å². The van der Waals surface area contributed by atoms with Gasteiger partial charge >= 0.3 is 0 Å². The van der Waals surface area contributed by atoms with Gasteiger partial charge in [0.2, 0.25) is 0 Å². The van der Waals surface area contributed by atoms with E-state index in [4.69, 9.17) is 0 Å². The third-order valence-corrected chi connectivity index (χ3v) is 3.47. The van der Waals surface area contributed by atoms with Gasteiger partial charge in [0, 0.05) is 12.3 Å². The predicted octanol–water partition coefficient (Wildman–Crippen LogP) is 2.65. The lowest BCUT2D eigenvalue weighted by Gasteiger charge is -2.28. The summed E-state index contributed by atoms with van der Waals surface area (Å²) in [6.07, 6.45) is 1.81. The van der Waals surface area contributed by atoms with Crippen LogP contribution in [0.5, 0.6) is 0 Å². The van der Waals surface area contributed by atoms with Crippen molar-refractivity contribution in [3.8, 4) is 0 Å². The molecule has 0 saturated heterocycles. The summed E-state index contributed by atoms with van der Waals surface area (Å²) in [4.78, 5) is 11.4. The standard InChI is InChI=1S/C10H18O/c1-5-8-9(11)6-7(2)10(8,3)4/h7-8H,5-6H2,1-4H3/t7-,8+/m0/s1. The zero-order valence-electron chi connectivity index (χ0n) is 7.98. The molecule has 1 aliphatic rings. The van der Waals surface area contributed by atoms with Gasteiger partial charge in [0.05, 0.1) is 0 Å². The van der Waals surface area contributed by atoms with Crippen LogP contribution in [0.15, 0.2) is 0 Å². The number of rotatable bonds is 1. The summed E-state index contributed by atoms with van der Waals surface area (Å²) in [5.41, 5.74) is 0.242. The van der Waals surface area contributed by atoms with Crippen LogP contribution in [0.4, 0.5) is 0 Å². The van der Waals surface area contributed by atoms with Crippen LogP contribution in [-0.4, -0.2) is 5.78 Å². The lowest BCUT2D eigenvalue weighted by Crippen LogP contribution is -2.25. The van der Waals surface area contributed by atoms with Gasteiger partial charge in [-0.1, -0.05) is 27.7 Å². The van der Waals surface area contributed by atoms with Crippen molar-refractivity contribution >= 4 is 5.78 Å². The number of Topliss-reactive ketones (excluding diaryl/α,β-unsaturated/α-hetero) is 1. The maximum Gasteiger partial charge on any atom is 0.136 e. The molecule has 0 radical (unpaired) electrons. The summed E-state index contributed by atoms with van der Waals surface area (Å²) in [6.45, 7) is 8.74. The molecule has 0 N–H and O–H groups in total. The van der Waals surface area contributed by atoms with Crippen molar-refractivity contribution < 1.29 is 4.79 Å². The summed E-state index contributed by atoms with van der Waals surface area (Å²) < 4.78 is 0. The van der Waals surface area contributed by atoms with Crippen molar-refractivity contribution in [3.05, 3.63) is 0 Å². The van der Waals surface area contributed by atoms with Crippen molar-refractivity contribution in [2.75, 3.05) is 0 Å². The lowest BCUT2D eigenvalue weighted by molar-refractivity contribution is -0.122. The first-order valence-electron chi connectivity index (χ1n) is 4.52. The minimum Gasteiger partial charge on any atom is -0.299 e. The summed E-state index contributed by atoms with van der Waals surface area (Å²) in [5, 5.41) is 0. The van der Waals surface area contributed by atoms with E-state index in [9.17, 15) is 4.79 Å². The molecule has 0 aromatic rings. The molecule has 0 unspecified atom stereocenters. The largest absolute Gasteiger partial charge is 0.299 e. The molecule has 0 heterocycles. The Morgan fingerprint density at radius 3 is 2.27 bits per heavy atom. The van der Waals surface area contributed by atoms with Crippen LogP contribution in [0.1, 0.15) is 40.5 Å². The molecule has 64 valence electrons. The van der Waals surface area contributed by atoms with Crippen molar-refractivity contribution in [1.82, 2.24) is 0 Å². The Labute approximate surface area is 69.2 Å². The molecule has 0 bridgehead atoms. The number of hydrogen-bond acceptors (Lipinski definition) is 1. The van der Waals surface area contributed by atoms with Crippen LogP contribution >= 0.6 is 0 Å². The second kappa shape index (κ2) is 2.62. The molecule has 11 heavy (non-hydrogen) atoms. The van der Waals surface area contributed by atoms with E-state index < -0.39 is 0 Å². The van der Waals surface area contributed by atoms with Gasteiger partial charge in [-0.2, -0.15) is 0 Å². The minimum absolute atomic E-state index is 0.242. The maximum atomic E-state index is 11.4. The van der Waals surface area contributed by atoms with Crippen LogP contribution in [0.25, 0.3) is 0 Å². The second-order valence-electron chi connectivity index (χ2n) is 4.35. The number of carbonyl (C=O) groups excluding carboxylic acids is 1. The van der Waals surface area contributed by atoms with Crippen LogP contribution in [0.3, 0.4) is 0 Å². The molecule has 1 nitrogen and oxygen atoms in total. The molecular formula is C10H18O. The fourth-order valence-corrected chi connectivity index (χ4v) is 2.22. The molecule has 0 aliphatic heterocycles. The molecule has 0 aromatic heterocycles. The van der Waals surface area contributed by atoms with E-state index in [1.54, 1.807) is 0 Å². The van der Waals surface area contributed by atoms with E-state index in [1.807, 2.05) is 0 Å². The average molecular weight is 154 g/mol. The van der Waals surface area contributed by atoms with E-state index in [0.29, 0.717) is 17.6 Å². The Balaban J connectivity index is 2.84. The van der Waals surface area contributed by atoms with Gasteiger partial charge in [0.15, 0.2) is 0 Å². The summed E-state index contributed by atoms with van der Waals surface area (Å²) >= 11 is 0. The lowest BCUT2D eigenvalue weighted by atomic mass is 9.75. The Bertz CT molecular complexity index is 170. The maximum absolute atomic E-state index is 11.4. The van der Waals surface area contributed by atoms with E-state index in [-0.39, 0.29) is 5.41 Å². The molecule has 0 amide bonds. The predicted molar refractivity (Wildman–Crippen MR) is 46.4 cm³/mol. The van der Waals surface area contributed by atoms with Gasteiger partial charge in [0.25, 0.3) is 0 Å². The van der Waals surface area contributed by atoms with E-state index in [0.717, 1.165) is 12.8 Å². The van der Waals surface area contributed by atoms with Gasteiger partial charge in [-0.05, 0) is 17.8 Å². The number of ketones is 1. The molecule has 1 saturated carbocycles. The zero-order chi connectivity index (χ0) is 8.65. The summed E-state index contributed by atoms with van der Waals surface area (Å²) in [5.74, 6) is 1.36. The third kappa shape index (κ3) is 1.21. The van der Waals surface area contributed by atoms with Gasteiger partial charge in [-0.3, -0.25) is 4.79 Å². The van der Waals surface area contributed by atoms with E-state index >= 15 is 0 Å². The minimum atomic E-state index is 0.242. The monoisotopic (exact) mass is 154 g/mol. The quantitative estimate of drug-likeness (QED) is 0.567. The molecule has 0 spiro atoms. The van der Waals surface area contributed by atoms with Gasteiger partial charge in [0.1, 0.15) is 5.78 Å². The highest BCUT2D eigenvalue weighted by Crippen LogP contribution is 2.46. The average Bonchev–Trinajstić information content (AvgIpc) is 2.04. The van der Waals surface area contributed by atoms with Crippen molar-refractivity contribution in [2.45, 2.75) is 40.5 Å². The van der Waals surface area contributed by atoms with E-state index in [1.165, 1.54) is 0 Å². The molecule has 0 aromatic carbocycles. The first-order valence-corrected chi connectivity index (χ1v) is 4.52. The topological polar surface area (TPSA) is 17.1 Å². The summed E-state index contributed by atoms with van der Waals surface area (Å²) in [7, 11) is 0. The Morgan fingerprint density at radius 1 is 1.55 bits per heavy atom. The van der Waals surface area contributed by atoms with Crippen LogP contribution < -0.4 is 0 Å². The molecular weight excluding hydrogens is 136 g/mol. The molecule has 2 atom stereocenters. The smallest absolute Gasteiger partial charge is 0.136 e. The SMILES string of the molecule is CC[C@@H]1C(=O)C[C@H](C)C1(C)C. The Hall–Kier alpha value is -0.330. The van der Waals surface area contributed by atoms with Gasteiger partial charge < -0.3 is 0 Å². The highest BCUT2D eigenvalue weighted by atomic mass is 16.1. The fraction of sp³-hybridized carbons (Fsp3) is 0.900. The highest BCUT2D eigenvalue weighted by Gasteiger charge is 2.44. The van der Waals surface area contributed by atoms with Crippen LogP contribution in [0, 0.1) is 17.3 Å². The number of carbonyl (C=O) groups is 1. The normalized spacial score (nSPS) is 36.2. The molecule has 1 heteroatoms. The van der Waals surface area contributed by atoms with Gasteiger partial charge in [-0.15, -0.1) is 0 Å². The highest BCUT2D eigenvalue weighted by molar-refractivity contribution is 5.84. The Morgan fingerprint density at radius 2 is 2.09 bits per heavy atom. The van der Waals surface area contributed by atoms with Crippen LogP contribution in [-0.2, 0) is 4.79 Å². The molecule has 1 fully saturated rings. The molecule has 1 rings (SSSR count). The van der Waals surface area contributed by atoms with Crippen molar-refractivity contribution in [1.29, 1.82) is 0 Å². The number of hydrogen-bond donors (Lipinski definition) is 0. The fourth-order valence-electron chi connectivity index (χ4n) is 2.22. The Kier molecular flexibility index (Phi) is 2.08. The van der Waals surface area contributed by atoms with Gasteiger partial charge in [-0.25, -0.2) is 0 Å². The second-order valence-corrected chi connectivity index (χ2v) is 4.35. The summed E-state index contributed by atoms with van der Waals surface area (Å²) in [6, 6.07) is 0. The molecule has 1 aliphatic carbocycles. The first-order chi connectivity index (χ1) is 5.00. The first kappa shape index (κ1) is 8.76. The zero-order valence-corrected chi connectivity index (χ0v) is 7.98. The van der Waals surface area contributed by atoms with Crippen molar-refractivity contribution in [3.63, 3.8) is 0 Å².